The predicted octanol–water partition coefficient (Wildman–Crippen LogP) is 3.62. The molecule has 20 heavy (non-hydrogen) atoms. The summed E-state index contributed by atoms with van der Waals surface area (Å²) in [5.74, 6) is 1.10. The van der Waals surface area contributed by atoms with Crippen LogP contribution in [0.1, 0.15) is 50.5 Å². The molecule has 0 spiro atoms. The highest BCUT2D eigenvalue weighted by atomic mass is 16.5. The zero-order chi connectivity index (χ0) is 14.3. The molecule has 2 aromatic rings. The van der Waals surface area contributed by atoms with E-state index in [2.05, 4.69) is 18.8 Å². The molecule has 0 saturated heterocycles. The summed E-state index contributed by atoms with van der Waals surface area (Å²) in [5, 5.41) is 0. The Kier molecular flexibility index (Phi) is 3.24. The Labute approximate surface area is 118 Å². The lowest BCUT2D eigenvalue weighted by Crippen LogP contribution is -2.07. The standard InChI is InChI=1S/C16H19NO3/c1-4-19-16(18)12-8-11(12)10-6-5-7-13-14(10)20-15(17-13)9(2)3/h5-7,9,11-12H,4,8H2,1-3H3/t11-,12+/m0/s1. The van der Waals surface area contributed by atoms with E-state index in [0.717, 1.165) is 29.0 Å². The van der Waals surface area contributed by atoms with E-state index in [1.54, 1.807) is 0 Å². The van der Waals surface area contributed by atoms with E-state index in [1.165, 1.54) is 0 Å². The maximum atomic E-state index is 11.8. The molecule has 2 atom stereocenters. The summed E-state index contributed by atoms with van der Waals surface area (Å²) in [6.45, 7) is 6.39. The fourth-order valence-corrected chi connectivity index (χ4v) is 2.57. The topological polar surface area (TPSA) is 52.3 Å². The molecule has 0 N–H and O–H groups in total. The highest BCUT2D eigenvalue weighted by Crippen LogP contribution is 2.50. The van der Waals surface area contributed by atoms with Crippen molar-refractivity contribution in [1.82, 2.24) is 4.98 Å². The summed E-state index contributed by atoms with van der Waals surface area (Å²) in [6, 6.07) is 5.96. The minimum absolute atomic E-state index is 0.0202. The van der Waals surface area contributed by atoms with Gasteiger partial charge in [-0.3, -0.25) is 4.79 Å². The smallest absolute Gasteiger partial charge is 0.309 e. The summed E-state index contributed by atoms with van der Waals surface area (Å²) >= 11 is 0. The number of oxazole rings is 1. The van der Waals surface area contributed by atoms with E-state index in [1.807, 2.05) is 25.1 Å². The second-order valence-electron chi connectivity index (χ2n) is 5.60. The molecule has 3 rings (SSSR count). The van der Waals surface area contributed by atoms with Gasteiger partial charge in [0.15, 0.2) is 11.5 Å². The van der Waals surface area contributed by atoms with Crippen molar-refractivity contribution in [3.05, 3.63) is 29.7 Å². The normalized spacial score (nSPS) is 21.4. The molecular weight excluding hydrogens is 254 g/mol. The third kappa shape index (κ3) is 2.19. The number of carbonyl (C=O) groups excluding carboxylic acids is 1. The van der Waals surface area contributed by atoms with Gasteiger partial charge in [-0.2, -0.15) is 0 Å². The zero-order valence-electron chi connectivity index (χ0n) is 12.1. The van der Waals surface area contributed by atoms with Crippen molar-refractivity contribution < 1.29 is 13.9 Å². The zero-order valence-corrected chi connectivity index (χ0v) is 12.1. The van der Waals surface area contributed by atoms with Gasteiger partial charge in [0.25, 0.3) is 0 Å². The number of ether oxygens (including phenoxy) is 1. The Morgan fingerprint density at radius 3 is 3.00 bits per heavy atom. The average molecular weight is 273 g/mol. The van der Waals surface area contributed by atoms with E-state index >= 15 is 0 Å². The molecule has 1 aliphatic rings. The van der Waals surface area contributed by atoms with Crippen molar-refractivity contribution in [3.63, 3.8) is 0 Å². The SMILES string of the molecule is CCOC(=O)[C@@H]1C[C@H]1c1cccc2nc(C(C)C)oc12. The van der Waals surface area contributed by atoms with Crippen LogP contribution in [-0.2, 0) is 9.53 Å². The van der Waals surface area contributed by atoms with Crippen LogP contribution in [0, 0.1) is 5.92 Å². The highest BCUT2D eigenvalue weighted by Gasteiger charge is 2.46. The van der Waals surface area contributed by atoms with Crippen LogP contribution in [0.4, 0.5) is 0 Å². The Morgan fingerprint density at radius 2 is 2.30 bits per heavy atom. The highest BCUT2D eigenvalue weighted by molar-refractivity contribution is 5.82. The second kappa shape index (κ2) is 4.93. The fourth-order valence-electron chi connectivity index (χ4n) is 2.57. The molecule has 1 aromatic carbocycles. The van der Waals surface area contributed by atoms with Crippen LogP contribution in [0.3, 0.4) is 0 Å². The third-order valence-corrected chi connectivity index (χ3v) is 3.74. The number of benzene rings is 1. The molecule has 4 nitrogen and oxygen atoms in total. The number of carbonyl (C=O) groups is 1. The summed E-state index contributed by atoms with van der Waals surface area (Å²) in [6.07, 6.45) is 0.843. The number of nitrogens with zero attached hydrogens (tertiary/aromatic N) is 1. The number of aromatic nitrogens is 1. The largest absolute Gasteiger partial charge is 0.466 e. The van der Waals surface area contributed by atoms with Crippen molar-refractivity contribution >= 4 is 17.1 Å². The molecule has 0 unspecified atom stereocenters. The van der Waals surface area contributed by atoms with Crippen molar-refractivity contribution in [2.24, 2.45) is 5.92 Å². The molecule has 1 heterocycles. The van der Waals surface area contributed by atoms with Gasteiger partial charge in [0.1, 0.15) is 5.52 Å². The number of hydrogen-bond acceptors (Lipinski definition) is 4. The molecule has 4 heteroatoms. The molecular formula is C16H19NO3. The maximum Gasteiger partial charge on any atom is 0.309 e. The summed E-state index contributed by atoms with van der Waals surface area (Å²) < 4.78 is 11.0. The molecule has 1 aromatic heterocycles. The number of para-hydroxylation sites is 1. The Hall–Kier alpha value is -1.84. The minimum atomic E-state index is -0.0990. The van der Waals surface area contributed by atoms with Gasteiger partial charge >= 0.3 is 5.97 Å². The monoisotopic (exact) mass is 273 g/mol. The van der Waals surface area contributed by atoms with Crippen LogP contribution in [-0.4, -0.2) is 17.6 Å². The van der Waals surface area contributed by atoms with Gasteiger partial charge < -0.3 is 9.15 Å². The summed E-state index contributed by atoms with van der Waals surface area (Å²) in [4.78, 5) is 16.3. The van der Waals surface area contributed by atoms with Gasteiger partial charge in [0.2, 0.25) is 0 Å². The van der Waals surface area contributed by atoms with Gasteiger partial charge in [0, 0.05) is 17.4 Å². The van der Waals surface area contributed by atoms with Crippen molar-refractivity contribution in [3.8, 4) is 0 Å². The van der Waals surface area contributed by atoms with Gasteiger partial charge in [0.05, 0.1) is 12.5 Å². The maximum absolute atomic E-state index is 11.8. The molecule has 1 saturated carbocycles. The molecule has 0 amide bonds. The molecule has 106 valence electrons. The second-order valence-corrected chi connectivity index (χ2v) is 5.60. The van der Waals surface area contributed by atoms with Crippen LogP contribution >= 0.6 is 0 Å². The molecule has 1 aliphatic carbocycles. The average Bonchev–Trinajstić information content (AvgIpc) is 3.08. The lowest BCUT2D eigenvalue weighted by atomic mass is 10.1. The van der Waals surface area contributed by atoms with E-state index < -0.39 is 0 Å². The fraction of sp³-hybridized carbons (Fsp3) is 0.500. The first-order valence-electron chi connectivity index (χ1n) is 7.17. The van der Waals surface area contributed by atoms with E-state index in [-0.39, 0.29) is 23.7 Å². The Morgan fingerprint density at radius 1 is 1.50 bits per heavy atom. The number of rotatable bonds is 4. The van der Waals surface area contributed by atoms with Crippen molar-refractivity contribution in [1.29, 1.82) is 0 Å². The van der Waals surface area contributed by atoms with Crippen LogP contribution in [0.5, 0.6) is 0 Å². The van der Waals surface area contributed by atoms with Gasteiger partial charge in [-0.1, -0.05) is 26.0 Å². The first-order chi connectivity index (χ1) is 9.61. The number of esters is 1. The van der Waals surface area contributed by atoms with Gasteiger partial charge in [-0.05, 0) is 19.4 Å². The molecule has 0 bridgehead atoms. The van der Waals surface area contributed by atoms with Gasteiger partial charge in [-0.25, -0.2) is 4.98 Å². The van der Waals surface area contributed by atoms with E-state index in [4.69, 9.17) is 9.15 Å². The number of hydrogen-bond donors (Lipinski definition) is 0. The van der Waals surface area contributed by atoms with Crippen LogP contribution in [0.25, 0.3) is 11.1 Å². The van der Waals surface area contributed by atoms with Crippen LogP contribution in [0.15, 0.2) is 22.6 Å². The minimum Gasteiger partial charge on any atom is -0.466 e. The van der Waals surface area contributed by atoms with E-state index in [9.17, 15) is 4.79 Å². The lowest BCUT2D eigenvalue weighted by Gasteiger charge is -2.02. The predicted molar refractivity (Wildman–Crippen MR) is 75.6 cm³/mol. The summed E-state index contributed by atoms with van der Waals surface area (Å²) in [7, 11) is 0. The van der Waals surface area contributed by atoms with E-state index in [0.29, 0.717) is 6.61 Å². The molecule has 0 aliphatic heterocycles. The quantitative estimate of drug-likeness (QED) is 0.798. The number of fused-ring (bicyclic) bond motifs is 1. The lowest BCUT2D eigenvalue weighted by molar-refractivity contribution is -0.144. The molecule has 1 fully saturated rings. The first kappa shape index (κ1) is 13.2. The first-order valence-corrected chi connectivity index (χ1v) is 7.17. The van der Waals surface area contributed by atoms with Crippen molar-refractivity contribution in [2.45, 2.75) is 39.0 Å². The third-order valence-electron chi connectivity index (χ3n) is 3.74. The van der Waals surface area contributed by atoms with Crippen LogP contribution < -0.4 is 0 Å². The van der Waals surface area contributed by atoms with Crippen LogP contribution in [0.2, 0.25) is 0 Å². The van der Waals surface area contributed by atoms with Crippen molar-refractivity contribution in [2.75, 3.05) is 6.61 Å². The Balaban J connectivity index is 1.91. The molecule has 0 radical (unpaired) electrons. The summed E-state index contributed by atoms with van der Waals surface area (Å²) in [5.41, 5.74) is 2.79. The van der Waals surface area contributed by atoms with Gasteiger partial charge in [-0.15, -0.1) is 0 Å². The Bertz CT molecular complexity index is 644.